The van der Waals surface area contributed by atoms with Gasteiger partial charge >= 0.3 is 0 Å². The molecule has 0 amide bonds. The van der Waals surface area contributed by atoms with Crippen LogP contribution in [0.3, 0.4) is 0 Å². The summed E-state index contributed by atoms with van der Waals surface area (Å²) in [5.41, 5.74) is 5.53. The van der Waals surface area contributed by atoms with Crippen molar-refractivity contribution >= 4 is 10.9 Å². The molecule has 4 aromatic rings. The first kappa shape index (κ1) is 17.2. The average molecular weight is 358 g/mol. The molecule has 0 saturated carbocycles. The lowest BCUT2D eigenvalue weighted by molar-refractivity contribution is 0.530. The van der Waals surface area contributed by atoms with E-state index in [0.29, 0.717) is 5.52 Å². The largest absolute Gasteiger partial charge is 0.293 e. The lowest BCUT2D eigenvalue weighted by atomic mass is 10.1. The summed E-state index contributed by atoms with van der Waals surface area (Å²) in [5.74, 6) is 0. The van der Waals surface area contributed by atoms with E-state index in [-0.39, 0.29) is 11.6 Å². The van der Waals surface area contributed by atoms with Gasteiger partial charge in [0, 0.05) is 5.39 Å². The maximum atomic E-state index is 13.3. The van der Waals surface area contributed by atoms with Crippen molar-refractivity contribution in [2.45, 2.75) is 33.7 Å². The molecule has 0 aliphatic rings. The molecule has 4 rings (SSSR count). The quantitative estimate of drug-likeness (QED) is 0.554. The molecule has 0 fully saturated rings. The second kappa shape index (κ2) is 6.50. The van der Waals surface area contributed by atoms with Crippen molar-refractivity contribution < 1.29 is 0 Å². The zero-order valence-corrected chi connectivity index (χ0v) is 16.0. The normalized spacial score (nSPS) is 12.4. The molecule has 5 heteroatoms. The fourth-order valence-electron chi connectivity index (χ4n) is 3.38. The van der Waals surface area contributed by atoms with Gasteiger partial charge < -0.3 is 0 Å². The molecular formula is C22H22N4O. The zero-order chi connectivity index (χ0) is 19.1. The van der Waals surface area contributed by atoms with Crippen LogP contribution in [0, 0.1) is 20.8 Å². The van der Waals surface area contributed by atoms with Crippen LogP contribution in [-0.4, -0.2) is 19.6 Å². The maximum absolute atomic E-state index is 13.3. The fourth-order valence-corrected chi connectivity index (χ4v) is 3.38. The smallest absolute Gasteiger partial charge is 0.265 e. The molecule has 2 heterocycles. The standard InChI is InChI=1S/C22H22N4O/c1-14-10-11-19(12-15(14)2)26-21-20(13-23-26)16(3)24-25(22(21)27)17(4)18-8-6-5-7-9-18/h5-13,17H,1-4H3. The van der Waals surface area contributed by atoms with E-state index in [2.05, 4.69) is 36.2 Å². The minimum Gasteiger partial charge on any atom is -0.265 e. The van der Waals surface area contributed by atoms with E-state index < -0.39 is 0 Å². The molecule has 0 spiro atoms. The Bertz CT molecular complexity index is 1190. The number of nitrogens with zero attached hydrogens (tertiary/aromatic N) is 4. The molecule has 1 unspecified atom stereocenters. The van der Waals surface area contributed by atoms with Crippen LogP contribution in [-0.2, 0) is 0 Å². The van der Waals surface area contributed by atoms with Crippen LogP contribution in [0.15, 0.2) is 59.5 Å². The van der Waals surface area contributed by atoms with E-state index in [0.717, 1.165) is 22.3 Å². The van der Waals surface area contributed by atoms with E-state index in [9.17, 15) is 4.79 Å². The lowest BCUT2D eigenvalue weighted by Gasteiger charge is -2.16. The highest BCUT2D eigenvalue weighted by Crippen LogP contribution is 2.21. The second-order valence-electron chi connectivity index (χ2n) is 7.01. The average Bonchev–Trinajstić information content (AvgIpc) is 3.13. The molecule has 2 aromatic heterocycles. The van der Waals surface area contributed by atoms with Gasteiger partial charge in [-0.1, -0.05) is 36.4 Å². The van der Waals surface area contributed by atoms with Crippen LogP contribution in [0.1, 0.15) is 35.3 Å². The van der Waals surface area contributed by atoms with Gasteiger partial charge in [-0.3, -0.25) is 4.79 Å². The Morgan fingerprint density at radius 2 is 1.70 bits per heavy atom. The zero-order valence-electron chi connectivity index (χ0n) is 16.0. The summed E-state index contributed by atoms with van der Waals surface area (Å²) < 4.78 is 3.29. The SMILES string of the molecule is Cc1ccc(-n2ncc3c(C)nn(C(C)c4ccccc4)c(=O)c32)cc1C. The third-order valence-electron chi connectivity index (χ3n) is 5.21. The molecule has 0 aliphatic heterocycles. The van der Waals surface area contributed by atoms with Gasteiger partial charge in [0.1, 0.15) is 5.52 Å². The van der Waals surface area contributed by atoms with Crippen molar-refractivity contribution in [1.82, 2.24) is 19.6 Å². The van der Waals surface area contributed by atoms with Crippen LogP contribution in [0.5, 0.6) is 0 Å². The minimum atomic E-state index is -0.162. The Kier molecular flexibility index (Phi) is 4.15. The number of fused-ring (bicyclic) bond motifs is 1. The molecule has 5 nitrogen and oxygen atoms in total. The number of aryl methyl sites for hydroxylation is 3. The summed E-state index contributed by atoms with van der Waals surface area (Å²) in [4.78, 5) is 13.3. The molecule has 1 atom stereocenters. The van der Waals surface area contributed by atoms with E-state index >= 15 is 0 Å². The van der Waals surface area contributed by atoms with Crippen molar-refractivity contribution in [3.63, 3.8) is 0 Å². The molecule has 0 radical (unpaired) electrons. The van der Waals surface area contributed by atoms with Crippen LogP contribution in [0.4, 0.5) is 0 Å². The molecular weight excluding hydrogens is 336 g/mol. The highest BCUT2D eigenvalue weighted by atomic mass is 16.1. The molecule has 0 N–H and O–H groups in total. The number of rotatable bonds is 3. The van der Waals surface area contributed by atoms with Gasteiger partial charge in [0.2, 0.25) is 0 Å². The molecule has 2 aromatic carbocycles. The van der Waals surface area contributed by atoms with E-state index in [4.69, 9.17) is 0 Å². The predicted octanol–water partition coefficient (Wildman–Crippen LogP) is 4.12. The molecule has 0 saturated heterocycles. The summed E-state index contributed by atoms with van der Waals surface area (Å²) in [6.45, 7) is 8.05. The van der Waals surface area contributed by atoms with Crippen molar-refractivity contribution in [1.29, 1.82) is 0 Å². The minimum absolute atomic E-state index is 0.136. The number of hydrogen-bond donors (Lipinski definition) is 0. The Balaban J connectivity index is 1.95. The Morgan fingerprint density at radius 1 is 0.963 bits per heavy atom. The Morgan fingerprint density at radius 3 is 2.41 bits per heavy atom. The summed E-state index contributed by atoms with van der Waals surface area (Å²) in [6.07, 6.45) is 1.73. The van der Waals surface area contributed by atoms with Crippen LogP contribution < -0.4 is 5.56 Å². The van der Waals surface area contributed by atoms with Gasteiger partial charge in [-0.05, 0) is 56.5 Å². The Hall–Kier alpha value is -3.21. The monoisotopic (exact) mass is 358 g/mol. The summed E-state index contributed by atoms with van der Waals surface area (Å²) >= 11 is 0. The fraction of sp³-hybridized carbons (Fsp3) is 0.227. The van der Waals surface area contributed by atoms with E-state index in [1.807, 2.05) is 50.2 Å². The number of hydrogen-bond acceptors (Lipinski definition) is 3. The maximum Gasteiger partial charge on any atom is 0.293 e. The van der Waals surface area contributed by atoms with Gasteiger partial charge in [0.25, 0.3) is 5.56 Å². The second-order valence-corrected chi connectivity index (χ2v) is 7.01. The first-order valence-electron chi connectivity index (χ1n) is 9.07. The molecule has 0 bridgehead atoms. The summed E-state index contributed by atoms with van der Waals surface area (Å²) in [5, 5.41) is 9.85. The Labute approximate surface area is 157 Å². The third-order valence-corrected chi connectivity index (χ3v) is 5.21. The topological polar surface area (TPSA) is 52.7 Å². The van der Waals surface area contributed by atoms with Crippen LogP contribution in [0.2, 0.25) is 0 Å². The third kappa shape index (κ3) is 2.85. The van der Waals surface area contributed by atoms with Crippen LogP contribution in [0.25, 0.3) is 16.6 Å². The first-order chi connectivity index (χ1) is 13.0. The first-order valence-corrected chi connectivity index (χ1v) is 9.07. The van der Waals surface area contributed by atoms with E-state index in [1.165, 1.54) is 11.1 Å². The van der Waals surface area contributed by atoms with Gasteiger partial charge in [-0.15, -0.1) is 0 Å². The lowest BCUT2D eigenvalue weighted by Crippen LogP contribution is -2.28. The van der Waals surface area contributed by atoms with Gasteiger partial charge in [-0.25, -0.2) is 9.36 Å². The number of benzene rings is 2. The predicted molar refractivity (Wildman–Crippen MR) is 108 cm³/mol. The highest BCUT2D eigenvalue weighted by Gasteiger charge is 2.19. The van der Waals surface area contributed by atoms with Gasteiger partial charge in [-0.2, -0.15) is 10.2 Å². The van der Waals surface area contributed by atoms with Gasteiger partial charge in [0.05, 0.1) is 23.6 Å². The van der Waals surface area contributed by atoms with Crippen molar-refractivity contribution in [3.05, 3.63) is 87.5 Å². The molecule has 27 heavy (non-hydrogen) atoms. The molecule has 0 aliphatic carbocycles. The van der Waals surface area contributed by atoms with Crippen molar-refractivity contribution in [2.75, 3.05) is 0 Å². The van der Waals surface area contributed by atoms with Crippen molar-refractivity contribution in [2.24, 2.45) is 0 Å². The van der Waals surface area contributed by atoms with E-state index in [1.54, 1.807) is 15.6 Å². The van der Waals surface area contributed by atoms with Gasteiger partial charge in [0.15, 0.2) is 0 Å². The van der Waals surface area contributed by atoms with Crippen molar-refractivity contribution in [3.8, 4) is 5.69 Å². The summed E-state index contributed by atoms with van der Waals surface area (Å²) in [6, 6.07) is 15.9. The van der Waals surface area contributed by atoms with Crippen LogP contribution >= 0.6 is 0 Å². The number of aromatic nitrogens is 4. The highest BCUT2D eigenvalue weighted by molar-refractivity contribution is 5.81. The molecule has 136 valence electrons. The summed E-state index contributed by atoms with van der Waals surface area (Å²) in [7, 11) is 0.